The summed E-state index contributed by atoms with van der Waals surface area (Å²) in [5.74, 6) is 1.69. The lowest BCUT2D eigenvalue weighted by Crippen LogP contribution is -2.44. The first kappa shape index (κ1) is 13.9. The minimum Gasteiger partial charge on any atom is -0.266 e. The van der Waals surface area contributed by atoms with Crippen LogP contribution in [0, 0.1) is 0 Å². The molecule has 0 saturated carbocycles. The molecule has 0 aromatic carbocycles. The Labute approximate surface area is 113 Å². The van der Waals surface area contributed by atoms with E-state index in [-0.39, 0.29) is 0 Å². The molecule has 2 aliphatic heterocycles. The zero-order valence-corrected chi connectivity index (χ0v) is 12.3. The van der Waals surface area contributed by atoms with E-state index < -0.39 is 0 Å². The molecule has 0 amide bonds. The summed E-state index contributed by atoms with van der Waals surface area (Å²) in [6, 6.07) is 0. The van der Waals surface area contributed by atoms with Crippen LogP contribution in [-0.2, 0) is 0 Å². The molecule has 0 saturated heterocycles. The van der Waals surface area contributed by atoms with Crippen LogP contribution < -0.4 is 0 Å². The molecule has 0 N–H and O–H groups in total. The van der Waals surface area contributed by atoms with Gasteiger partial charge in [0.05, 0.1) is 26.2 Å². The molecular weight excluding hydrogens is 220 g/mol. The fraction of sp³-hybridized carbons (Fsp3) is 0.938. The molecule has 2 aliphatic rings. The van der Waals surface area contributed by atoms with Gasteiger partial charge in [0.25, 0.3) is 0 Å². The van der Waals surface area contributed by atoms with Crippen LogP contribution in [0.3, 0.4) is 0 Å². The van der Waals surface area contributed by atoms with Gasteiger partial charge in [-0.05, 0) is 32.1 Å². The molecule has 0 aliphatic carbocycles. The molecular formula is C16H31N2+. The van der Waals surface area contributed by atoms with Crippen molar-refractivity contribution in [3.05, 3.63) is 0 Å². The second-order valence-electron chi connectivity index (χ2n) is 5.97. The van der Waals surface area contributed by atoms with E-state index in [1.165, 1.54) is 90.4 Å². The number of amidine groups is 1. The Morgan fingerprint density at radius 3 is 2.67 bits per heavy atom. The predicted molar refractivity (Wildman–Crippen MR) is 78.4 cm³/mol. The van der Waals surface area contributed by atoms with Crippen LogP contribution in [0.2, 0.25) is 0 Å². The van der Waals surface area contributed by atoms with Crippen molar-refractivity contribution in [1.29, 1.82) is 0 Å². The predicted octanol–water partition coefficient (Wildman–Crippen LogP) is 3.65. The lowest BCUT2D eigenvalue weighted by molar-refractivity contribution is -0.539. The number of rotatable bonds is 6. The van der Waals surface area contributed by atoms with Crippen LogP contribution in [0.25, 0.3) is 0 Å². The lowest BCUT2D eigenvalue weighted by atomic mass is 10.1. The fourth-order valence-electron chi connectivity index (χ4n) is 3.38. The highest BCUT2D eigenvalue weighted by atomic mass is 15.3. The molecule has 0 spiro atoms. The van der Waals surface area contributed by atoms with Gasteiger partial charge in [0.2, 0.25) is 5.84 Å². The van der Waals surface area contributed by atoms with Gasteiger partial charge in [-0.2, -0.15) is 0 Å². The Morgan fingerprint density at radius 1 is 0.944 bits per heavy atom. The summed E-state index contributed by atoms with van der Waals surface area (Å²) in [6.45, 7) is 7.57. The van der Waals surface area contributed by atoms with Crippen LogP contribution in [-0.4, -0.2) is 41.5 Å². The molecule has 18 heavy (non-hydrogen) atoms. The fourth-order valence-corrected chi connectivity index (χ4v) is 3.38. The normalized spacial score (nSPS) is 20.8. The molecule has 0 radical (unpaired) electrons. The SMILES string of the molecule is CCCCCCCN1CCC[N+]2=C1CCCCC2. The maximum atomic E-state index is 2.71. The van der Waals surface area contributed by atoms with E-state index in [1.807, 2.05) is 0 Å². The first-order chi connectivity index (χ1) is 8.92. The smallest absolute Gasteiger partial charge is 0.246 e. The largest absolute Gasteiger partial charge is 0.266 e. The van der Waals surface area contributed by atoms with E-state index in [2.05, 4.69) is 16.4 Å². The van der Waals surface area contributed by atoms with E-state index in [4.69, 9.17) is 0 Å². The third-order valence-corrected chi connectivity index (χ3v) is 4.45. The summed E-state index contributed by atoms with van der Waals surface area (Å²) >= 11 is 0. The van der Waals surface area contributed by atoms with Crippen molar-refractivity contribution in [2.45, 2.75) is 71.1 Å². The topological polar surface area (TPSA) is 6.25 Å². The van der Waals surface area contributed by atoms with E-state index in [1.54, 1.807) is 5.84 Å². The van der Waals surface area contributed by atoms with Gasteiger partial charge < -0.3 is 0 Å². The van der Waals surface area contributed by atoms with Gasteiger partial charge in [0.1, 0.15) is 0 Å². The van der Waals surface area contributed by atoms with Crippen LogP contribution in [0.4, 0.5) is 0 Å². The Kier molecular flexibility index (Phi) is 6.02. The van der Waals surface area contributed by atoms with Crippen LogP contribution >= 0.6 is 0 Å². The summed E-state index contributed by atoms with van der Waals surface area (Å²) in [5, 5.41) is 0. The zero-order valence-electron chi connectivity index (χ0n) is 12.3. The summed E-state index contributed by atoms with van der Waals surface area (Å²) in [5.41, 5.74) is 0. The lowest BCUT2D eigenvalue weighted by Gasteiger charge is -2.26. The molecule has 2 heteroatoms. The van der Waals surface area contributed by atoms with E-state index in [0.717, 1.165) is 0 Å². The van der Waals surface area contributed by atoms with Gasteiger partial charge in [-0.15, -0.1) is 0 Å². The first-order valence-corrected chi connectivity index (χ1v) is 8.27. The molecule has 0 aromatic rings. The zero-order chi connectivity index (χ0) is 12.6. The third-order valence-electron chi connectivity index (χ3n) is 4.45. The standard InChI is InChI=1S/C16H31N2/c1-2-3-4-5-8-12-17-14-10-15-18-13-9-6-7-11-16(17)18/h2-15H2,1H3/q+1. The molecule has 2 rings (SSSR count). The van der Waals surface area contributed by atoms with Gasteiger partial charge >= 0.3 is 0 Å². The summed E-state index contributed by atoms with van der Waals surface area (Å²) in [7, 11) is 0. The Balaban J connectivity index is 1.79. The van der Waals surface area contributed by atoms with Crippen LogP contribution in [0.5, 0.6) is 0 Å². The third kappa shape index (κ3) is 4.00. The van der Waals surface area contributed by atoms with Crippen molar-refractivity contribution in [2.75, 3.05) is 26.2 Å². The molecule has 2 heterocycles. The highest BCUT2D eigenvalue weighted by Gasteiger charge is 2.27. The molecule has 0 bridgehead atoms. The Bertz CT molecular complexity index is 270. The second-order valence-corrected chi connectivity index (χ2v) is 5.97. The second kappa shape index (κ2) is 7.81. The van der Waals surface area contributed by atoms with Crippen LogP contribution in [0.1, 0.15) is 71.1 Å². The minimum absolute atomic E-state index is 1.32. The summed E-state index contributed by atoms with van der Waals surface area (Å²) in [6.07, 6.45) is 14.0. The van der Waals surface area contributed by atoms with E-state index in [0.29, 0.717) is 0 Å². The van der Waals surface area contributed by atoms with Gasteiger partial charge in [-0.25, -0.2) is 0 Å². The molecule has 0 atom stereocenters. The van der Waals surface area contributed by atoms with E-state index >= 15 is 0 Å². The van der Waals surface area contributed by atoms with Gasteiger partial charge in [0, 0.05) is 12.8 Å². The maximum absolute atomic E-state index is 2.71. The Morgan fingerprint density at radius 2 is 1.78 bits per heavy atom. The van der Waals surface area contributed by atoms with Crippen molar-refractivity contribution < 1.29 is 4.58 Å². The van der Waals surface area contributed by atoms with Gasteiger partial charge in [-0.1, -0.05) is 26.2 Å². The monoisotopic (exact) mass is 251 g/mol. The minimum atomic E-state index is 1.32. The van der Waals surface area contributed by atoms with E-state index in [9.17, 15) is 0 Å². The summed E-state index contributed by atoms with van der Waals surface area (Å²) in [4.78, 5) is 2.71. The van der Waals surface area contributed by atoms with Crippen molar-refractivity contribution >= 4 is 5.84 Å². The molecule has 0 aromatic heterocycles. The van der Waals surface area contributed by atoms with Crippen molar-refractivity contribution in [3.8, 4) is 0 Å². The first-order valence-electron chi connectivity index (χ1n) is 8.27. The van der Waals surface area contributed by atoms with Crippen molar-refractivity contribution in [1.82, 2.24) is 4.90 Å². The van der Waals surface area contributed by atoms with Crippen molar-refractivity contribution in [2.24, 2.45) is 0 Å². The quantitative estimate of drug-likeness (QED) is 0.516. The van der Waals surface area contributed by atoms with Crippen LogP contribution in [0.15, 0.2) is 0 Å². The molecule has 104 valence electrons. The molecule has 0 fully saturated rings. The highest BCUT2D eigenvalue weighted by Crippen LogP contribution is 2.16. The number of hydrogen-bond acceptors (Lipinski definition) is 1. The molecule has 0 unspecified atom stereocenters. The molecule has 2 nitrogen and oxygen atoms in total. The highest BCUT2D eigenvalue weighted by molar-refractivity contribution is 5.77. The number of hydrogen-bond donors (Lipinski definition) is 0. The number of nitrogens with zero attached hydrogens (tertiary/aromatic N) is 2. The van der Waals surface area contributed by atoms with Crippen molar-refractivity contribution in [3.63, 3.8) is 0 Å². The average Bonchev–Trinajstić information content (AvgIpc) is 2.64. The Hall–Kier alpha value is -0.530. The van der Waals surface area contributed by atoms with Gasteiger partial charge in [0.15, 0.2) is 0 Å². The summed E-state index contributed by atoms with van der Waals surface area (Å²) < 4.78 is 2.68. The average molecular weight is 251 g/mol. The van der Waals surface area contributed by atoms with Gasteiger partial charge in [-0.3, -0.25) is 9.48 Å². The number of unbranched alkanes of at least 4 members (excludes halogenated alkanes) is 4. The maximum Gasteiger partial charge on any atom is 0.246 e.